The highest BCUT2D eigenvalue weighted by Gasteiger charge is 2.43. The molecule has 3 rings (SSSR count). The van der Waals surface area contributed by atoms with Crippen LogP contribution < -0.4 is 18.0 Å². The Morgan fingerprint density at radius 3 is 1.61 bits per heavy atom. The largest absolute Gasteiger partial charge is 0.543 e. The quantitative estimate of drug-likeness (QED) is 0.314. The summed E-state index contributed by atoms with van der Waals surface area (Å²) in [6, 6.07) is 12.1. The lowest BCUT2D eigenvalue weighted by atomic mass is 9.94. The molecule has 2 atom stereocenters. The van der Waals surface area contributed by atoms with E-state index in [1.54, 1.807) is 0 Å². The lowest BCUT2D eigenvalue weighted by Crippen LogP contribution is -2.45. The van der Waals surface area contributed by atoms with Crippen LogP contribution in [0.15, 0.2) is 36.4 Å². The van der Waals surface area contributed by atoms with Crippen molar-refractivity contribution in [3.63, 3.8) is 0 Å². The van der Waals surface area contributed by atoms with Crippen molar-refractivity contribution in [3.05, 3.63) is 47.5 Å². The van der Waals surface area contributed by atoms with Crippen molar-refractivity contribution in [2.24, 2.45) is 0 Å². The minimum Gasteiger partial charge on any atom is -0.543 e. The molecule has 0 radical (unpaired) electrons. The van der Waals surface area contributed by atoms with Gasteiger partial charge in [0.25, 0.3) is 16.6 Å². The van der Waals surface area contributed by atoms with E-state index in [4.69, 9.17) is 18.0 Å². The average molecular weight is 617 g/mol. The van der Waals surface area contributed by atoms with E-state index in [9.17, 15) is 5.11 Å². The van der Waals surface area contributed by atoms with Crippen LogP contribution in [0.2, 0.25) is 54.4 Å². The molecule has 1 aliphatic heterocycles. The van der Waals surface area contributed by atoms with E-state index in [0.717, 1.165) is 34.1 Å². The van der Waals surface area contributed by atoms with E-state index in [2.05, 4.69) is 102 Å². The Morgan fingerprint density at radius 2 is 1.12 bits per heavy atom. The SMILES string of the molecule is CC(C)(C)[Si](C)(C)Oc1ccc([C@H]2Oc3cccc(O[Si](C)(C)C(C)(C)C)c3C[C@H]2O)cc1O[Si](C)(C)C(C)(C)C. The average Bonchev–Trinajstić information content (AvgIpc) is 2.77. The molecule has 0 bridgehead atoms. The van der Waals surface area contributed by atoms with E-state index < -0.39 is 37.2 Å². The number of rotatable bonds is 7. The Labute approximate surface area is 253 Å². The number of hydrogen-bond donors (Lipinski definition) is 1. The van der Waals surface area contributed by atoms with Crippen molar-refractivity contribution < 1.29 is 23.1 Å². The molecule has 5 nitrogen and oxygen atoms in total. The lowest BCUT2D eigenvalue weighted by molar-refractivity contribution is 0.0201. The zero-order valence-corrected chi connectivity index (χ0v) is 31.4. The third-order valence-electron chi connectivity index (χ3n) is 9.92. The predicted molar refractivity (Wildman–Crippen MR) is 179 cm³/mol. The fourth-order valence-corrected chi connectivity index (χ4v) is 7.01. The first-order chi connectivity index (χ1) is 18.4. The Hall–Kier alpha value is -1.75. The third-order valence-corrected chi connectivity index (χ3v) is 22.9. The summed E-state index contributed by atoms with van der Waals surface area (Å²) in [5.74, 6) is 3.12. The summed E-state index contributed by atoms with van der Waals surface area (Å²) in [6.45, 7) is 33.7. The van der Waals surface area contributed by atoms with Gasteiger partial charge < -0.3 is 23.1 Å². The number of aliphatic hydroxyl groups excluding tert-OH is 1. The monoisotopic (exact) mass is 616 g/mol. The van der Waals surface area contributed by atoms with Crippen LogP contribution in [0, 0.1) is 0 Å². The molecule has 230 valence electrons. The molecule has 0 unspecified atom stereocenters. The molecule has 2 aromatic carbocycles. The van der Waals surface area contributed by atoms with E-state index in [1.807, 2.05) is 36.4 Å². The Kier molecular flexibility index (Phi) is 9.11. The van der Waals surface area contributed by atoms with Crippen LogP contribution in [-0.4, -0.2) is 36.2 Å². The molecule has 0 aliphatic carbocycles. The minimum atomic E-state index is -2.17. The Morgan fingerprint density at radius 1 is 0.659 bits per heavy atom. The van der Waals surface area contributed by atoms with Crippen molar-refractivity contribution in [1.82, 2.24) is 0 Å². The van der Waals surface area contributed by atoms with Gasteiger partial charge in [0, 0.05) is 12.0 Å². The highest BCUT2D eigenvalue weighted by atomic mass is 28.4. The summed E-state index contributed by atoms with van der Waals surface area (Å²) in [5, 5.41) is 11.6. The smallest absolute Gasteiger partial charge is 0.250 e. The van der Waals surface area contributed by atoms with Gasteiger partial charge in [-0.25, -0.2) is 0 Å². The van der Waals surface area contributed by atoms with Crippen molar-refractivity contribution in [2.45, 2.75) is 135 Å². The molecule has 0 aromatic heterocycles. The lowest BCUT2D eigenvalue weighted by Gasteiger charge is -2.40. The van der Waals surface area contributed by atoms with Gasteiger partial charge in [0.05, 0.1) is 6.10 Å². The second kappa shape index (κ2) is 11.1. The van der Waals surface area contributed by atoms with Crippen molar-refractivity contribution >= 4 is 25.0 Å². The van der Waals surface area contributed by atoms with Crippen molar-refractivity contribution in [3.8, 4) is 23.0 Å². The van der Waals surface area contributed by atoms with Gasteiger partial charge >= 0.3 is 0 Å². The molecule has 1 N–H and O–H groups in total. The number of aliphatic hydroxyl groups is 1. The minimum absolute atomic E-state index is 0.0254. The highest BCUT2D eigenvalue weighted by molar-refractivity contribution is 6.75. The highest BCUT2D eigenvalue weighted by Crippen LogP contribution is 2.47. The van der Waals surface area contributed by atoms with Crippen LogP contribution >= 0.6 is 0 Å². The predicted octanol–water partition coefficient (Wildman–Crippen LogP) is 9.88. The first-order valence-corrected chi connectivity index (χ1v) is 23.8. The first kappa shape index (κ1) is 33.7. The number of hydrogen-bond acceptors (Lipinski definition) is 5. The fourth-order valence-electron chi connectivity index (χ4n) is 3.92. The summed E-state index contributed by atoms with van der Waals surface area (Å²) >= 11 is 0. The van der Waals surface area contributed by atoms with Gasteiger partial charge in [-0.1, -0.05) is 74.4 Å². The van der Waals surface area contributed by atoms with Gasteiger partial charge in [-0.2, -0.15) is 0 Å². The fraction of sp³-hybridized carbons (Fsp3) is 0.636. The normalized spacial score (nSPS) is 18.8. The molecule has 1 heterocycles. The van der Waals surface area contributed by atoms with E-state index in [1.165, 1.54) is 0 Å². The van der Waals surface area contributed by atoms with E-state index >= 15 is 0 Å². The van der Waals surface area contributed by atoms with Gasteiger partial charge in [0.1, 0.15) is 29.1 Å². The van der Waals surface area contributed by atoms with Gasteiger partial charge in [-0.3, -0.25) is 0 Å². The van der Waals surface area contributed by atoms with Gasteiger partial charge in [0.15, 0.2) is 0 Å². The molecule has 2 aromatic rings. The molecule has 0 saturated heterocycles. The third kappa shape index (κ3) is 7.25. The van der Waals surface area contributed by atoms with Crippen molar-refractivity contribution in [2.75, 3.05) is 0 Å². The second-order valence-electron chi connectivity index (χ2n) is 16.3. The molecule has 0 fully saturated rings. The number of benzene rings is 2. The molecule has 0 saturated carbocycles. The standard InChI is InChI=1S/C33H56O5Si3/c1-31(2,3)39(10,11)36-27-18-16-17-26-24(27)22-25(34)30(35-26)23-19-20-28(37-40(12,13)32(4,5)6)29(21-23)38-41(14,15)33(7,8)9/h16-21,25,30,34H,22H2,1-15H3/t25-,30-/m1/s1. The molecule has 0 amide bonds. The van der Waals surface area contributed by atoms with Gasteiger partial charge in [-0.15, -0.1) is 0 Å². The summed E-state index contributed by atoms with van der Waals surface area (Å²) in [6.07, 6.45) is -0.778. The molecular weight excluding hydrogens is 561 g/mol. The van der Waals surface area contributed by atoms with Crippen molar-refractivity contribution in [1.29, 1.82) is 0 Å². The summed E-state index contributed by atoms with van der Waals surface area (Å²) in [5.41, 5.74) is 1.83. The van der Waals surface area contributed by atoms with Crippen LogP contribution in [0.25, 0.3) is 0 Å². The van der Waals surface area contributed by atoms with Gasteiger partial charge in [0.2, 0.25) is 8.32 Å². The van der Waals surface area contributed by atoms with Crippen LogP contribution in [0.1, 0.15) is 79.5 Å². The first-order valence-electron chi connectivity index (χ1n) is 15.0. The Bertz CT molecular complexity index is 1230. The van der Waals surface area contributed by atoms with E-state index in [0.29, 0.717) is 6.42 Å². The van der Waals surface area contributed by atoms with Crippen LogP contribution in [0.4, 0.5) is 0 Å². The zero-order valence-electron chi connectivity index (χ0n) is 28.4. The zero-order chi connectivity index (χ0) is 31.4. The summed E-state index contributed by atoms with van der Waals surface area (Å²) in [7, 11) is -6.34. The molecule has 0 spiro atoms. The maximum atomic E-state index is 11.4. The maximum absolute atomic E-state index is 11.4. The summed E-state index contributed by atoms with van der Waals surface area (Å²) in [4.78, 5) is 0. The number of ether oxygens (including phenoxy) is 1. The number of fused-ring (bicyclic) bond motifs is 1. The Balaban J connectivity index is 2.02. The molecule has 41 heavy (non-hydrogen) atoms. The molecule has 1 aliphatic rings. The topological polar surface area (TPSA) is 57.2 Å². The van der Waals surface area contributed by atoms with Gasteiger partial charge in [-0.05, 0) is 84.2 Å². The van der Waals surface area contributed by atoms with Crippen LogP contribution in [0.3, 0.4) is 0 Å². The summed E-state index contributed by atoms with van der Waals surface area (Å²) < 4.78 is 26.9. The van der Waals surface area contributed by atoms with Crippen LogP contribution in [-0.2, 0) is 6.42 Å². The van der Waals surface area contributed by atoms with Crippen LogP contribution in [0.5, 0.6) is 23.0 Å². The molecule has 8 heteroatoms. The maximum Gasteiger partial charge on any atom is 0.250 e. The second-order valence-corrected chi connectivity index (χ2v) is 30.5. The van der Waals surface area contributed by atoms with E-state index in [-0.39, 0.29) is 15.1 Å². The molecular formula is C33H56O5Si3.